The SMILES string of the molecule is O=C([O][Bi])c1ccc(O)c(O)c1O. The van der Waals surface area contributed by atoms with E-state index in [9.17, 15) is 9.90 Å². The van der Waals surface area contributed by atoms with E-state index in [0.29, 0.717) is 25.2 Å². The van der Waals surface area contributed by atoms with E-state index in [2.05, 4.69) is 2.81 Å². The summed E-state index contributed by atoms with van der Waals surface area (Å²) >= 11 is 0.386. The summed E-state index contributed by atoms with van der Waals surface area (Å²) < 4.78 is 4.43. The third-order valence-electron chi connectivity index (χ3n) is 1.43. The van der Waals surface area contributed by atoms with Gasteiger partial charge >= 0.3 is 89.0 Å². The van der Waals surface area contributed by atoms with Crippen molar-refractivity contribution in [2.24, 2.45) is 0 Å². The molecule has 3 N–H and O–H groups in total. The Morgan fingerprint density at radius 2 is 1.85 bits per heavy atom. The third kappa shape index (κ3) is 1.83. The van der Waals surface area contributed by atoms with Gasteiger partial charge in [-0.15, -0.1) is 0 Å². The van der Waals surface area contributed by atoms with Crippen molar-refractivity contribution in [2.45, 2.75) is 0 Å². The number of phenols is 3. The zero-order chi connectivity index (χ0) is 10.0. The Labute approximate surface area is 89.0 Å². The first-order chi connectivity index (χ1) is 6.07. The molecule has 0 unspecified atom stereocenters. The fourth-order valence-electron chi connectivity index (χ4n) is 0.783. The van der Waals surface area contributed by atoms with Crippen molar-refractivity contribution >= 4 is 31.1 Å². The maximum absolute atomic E-state index is 11.0. The van der Waals surface area contributed by atoms with Crippen LogP contribution in [0.3, 0.4) is 0 Å². The van der Waals surface area contributed by atoms with Crippen LogP contribution in [0.2, 0.25) is 0 Å². The molecule has 2 radical (unpaired) electrons. The molecule has 0 atom stereocenters. The topological polar surface area (TPSA) is 87.0 Å². The molecular weight excluding hydrogens is 373 g/mol. The standard InChI is InChI=1S/C7H6O5.Bi/c8-4-2-1-3(7(11)12)5(9)6(4)10;/h1-2,8-10H,(H,11,12);/q;+1/p-1. The molecule has 0 fully saturated rings. The second kappa shape index (κ2) is 3.79. The van der Waals surface area contributed by atoms with Crippen molar-refractivity contribution in [3.63, 3.8) is 0 Å². The number of hydrogen-bond acceptors (Lipinski definition) is 5. The fraction of sp³-hybridized carbons (Fsp3) is 0. The van der Waals surface area contributed by atoms with Crippen LogP contribution in [0.4, 0.5) is 0 Å². The summed E-state index contributed by atoms with van der Waals surface area (Å²) in [5, 5.41) is 27.1. The van der Waals surface area contributed by atoms with Crippen molar-refractivity contribution < 1.29 is 22.9 Å². The van der Waals surface area contributed by atoms with Crippen molar-refractivity contribution in [1.82, 2.24) is 0 Å². The molecule has 13 heavy (non-hydrogen) atoms. The summed E-state index contributed by atoms with van der Waals surface area (Å²) in [7, 11) is 0. The van der Waals surface area contributed by atoms with Gasteiger partial charge in [0.15, 0.2) is 0 Å². The first kappa shape index (κ1) is 10.1. The minimum absolute atomic E-state index is 0.169. The van der Waals surface area contributed by atoms with Crippen molar-refractivity contribution in [3.8, 4) is 17.2 Å². The normalized spacial score (nSPS) is 9.62. The van der Waals surface area contributed by atoms with Gasteiger partial charge in [0.25, 0.3) is 0 Å². The average Bonchev–Trinajstić information content (AvgIpc) is 2.13. The van der Waals surface area contributed by atoms with Gasteiger partial charge < -0.3 is 0 Å². The average molecular weight is 378 g/mol. The van der Waals surface area contributed by atoms with E-state index in [0.717, 1.165) is 6.07 Å². The molecule has 0 saturated heterocycles. The molecule has 5 nitrogen and oxygen atoms in total. The molecular formula is C7H5BiO5. The molecule has 0 aliphatic carbocycles. The Morgan fingerprint density at radius 1 is 1.23 bits per heavy atom. The molecule has 68 valence electrons. The number of carbonyl (C=O) groups excluding carboxylic acids is 1. The monoisotopic (exact) mass is 378 g/mol. The molecule has 0 bridgehead atoms. The Morgan fingerprint density at radius 3 is 2.38 bits per heavy atom. The number of hydrogen-bond donors (Lipinski definition) is 3. The van der Waals surface area contributed by atoms with Crippen molar-refractivity contribution in [1.29, 1.82) is 0 Å². The molecule has 0 aliphatic rings. The van der Waals surface area contributed by atoms with Crippen LogP contribution in [0.15, 0.2) is 12.1 Å². The quantitative estimate of drug-likeness (QED) is 0.475. The van der Waals surface area contributed by atoms with Gasteiger partial charge in [-0.1, -0.05) is 0 Å². The van der Waals surface area contributed by atoms with Gasteiger partial charge in [-0.2, -0.15) is 0 Å². The maximum atomic E-state index is 11.0. The van der Waals surface area contributed by atoms with Crippen LogP contribution in [0.5, 0.6) is 17.2 Å². The molecule has 0 amide bonds. The van der Waals surface area contributed by atoms with E-state index in [-0.39, 0.29) is 5.56 Å². The predicted molar refractivity (Wildman–Crippen MR) is 42.6 cm³/mol. The van der Waals surface area contributed by atoms with Crippen LogP contribution in [0.25, 0.3) is 0 Å². The summed E-state index contributed by atoms with van der Waals surface area (Å²) in [5.74, 6) is -2.61. The van der Waals surface area contributed by atoms with E-state index >= 15 is 0 Å². The fourth-order valence-corrected chi connectivity index (χ4v) is 1.17. The summed E-state index contributed by atoms with van der Waals surface area (Å²) in [6.07, 6.45) is 0. The zero-order valence-corrected chi connectivity index (χ0v) is 9.74. The van der Waals surface area contributed by atoms with Crippen molar-refractivity contribution in [2.75, 3.05) is 0 Å². The predicted octanol–water partition coefficient (Wildman–Crippen LogP) is 0.0437. The van der Waals surface area contributed by atoms with E-state index in [1.807, 2.05) is 0 Å². The van der Waals surface area contributed by atoms with Gasteiger partial charge in [-0.05, 0) is 0 Å². The number of phenolic OH excluding ortho intramolecular Hbond substituents is 3. The van der Waals surface area contributed by atoms with Gasteiger partial charge in [-0.3, -0.25) is 0 Å². The number of rotatable bonds is 1. The van der Waals surface area contributed by atoms with E-state index in [1.54, 1.807) is 0 Å². The summed E-state index contributed by atoms with van der Waals surface area (Å²) in [4.78, 5) is 11.0. The Balaban J connectivity index is 3.26. The molecule has 1 aromatic rings. The molecule has 0 spiro atoms. The van der Waals surface area contributed by atoms with Crippen LogP contribution in [0.1, 0.15) is 10.4 Å². The van der Waals surface area contributed by atoms with E-state index < -0.39 is 23.2 Å². The molecule has 1 rings (SSSR count). The van der Waals surface area contributed by atoms with Crippen LogP contribution < -0.4 is 0 Å². The molecule has 6 heteroatoms. The van der Waals surface area contributed by atoms with Gasteiger partial charge in [0, 0.05) is 0 Å². The number of aromatic hydroxyl groups is 3. The first-order valence-corrected chi connectivity index (χ1v) is 4.59. The Hall–Kier alpha value is -1.03. The second-order valence-electron chi connectivity index (χ2n) is 2.21. The zero-order valence-electron chi connectivity index (χ0n) is 6.26. The van der Waals surface area contributed by atoms with E-state index in [4.69, 9.17) is 10.2 Å². The van der Waals surface area contributed by atoms with Crippen LogP contribution >= 0.6 is 0 Å². The van der Waals surface area contributed by atoms with Gasteiger partial charge in [0.1, 0.15) is 0 Å². The van der Waals surface area contributed by atoms with Gasteiger partial charge in [0.05, 0.1) is 0 Å². The molecule has 0 aliphatic heterocycles. The number of carbonyl (C=O) groups is 1. The minimum atomic E-state index is -0.735. The first-order valence-electron chi connectivity index (χ1n) is 3.17. The van der Waals surface area contributed by atoms with E-state index in [1.165, 1.54) is 6.07 Å². The van der Waals surface area contributed by atoms with Crippen LogP contribution in [0, 0.1) is 0 Å². The molecule has 1 aromatic carbocycles. The van der Waals surface area contributed by atoms with Gasteiger partial charge in [0.2, 0.25) is 0 Å². The summed E-state index contributed by atoms with van der Waals surface area (Å²) in [6.45, 7) is 0. The Kier molecular flexibility index (Phi) is 2.93. The summed E-state index contributed by atoms with van der Waals surface area (Å²) in [5.41, 5.74) is -0.169. The molecule has 0 saturated carbocycles. The summed E-state index contributed by atoms with van der Waals surface area (Å²) in [6, 6.07) is 2.26. The molecule has 0 aromatic heterocycles. The molecule has 0 heterocycles. The van der Waals surface area contributed by atoms with Crippen LogP contribution in [-0.4, -0.2) is 46.4 Å². The van der Waals surface area contributed by atoms with Crippen molar-refractivity contribution in [3.05, 3.63) is 17.7 Å². The third-order valence-corrected chi connectivity index (χ3v) is 2.08. The van der Waals surface area contributed by atoms with Crippen LogP contribution in [-0.2, 0) is 2.81 Å². The Bertz CT molecular complexity index is 349. The second-order valence-corrected chi connectivity index (χ2v) is 2.92. The van der Waals surface area contributed by atoms with Gasteiger partial charge in [-0.25, -0.2) is 0 Å². The number of benzene rings is 1.